The van der Waals surface area contributed by atoms with Gasteiger partial charge in [0.2, 0.25) is 0 Å². The second kappa shape index (κ2) is 8.77. The zero-order chi connectivity index (χ0) is 16.7. The van der Waals surface area contributed by atoms with Crippen molar-refractivity contribution in [3.63, 3.8) is 0 Å². The van der Waals surface area contributed by atoms with Gasteiger partial charge in [-0.1, -0.05) is 56.8 Å². The SMILES string of the molecule is CCCCC(CC)CC(=O)/C(=N\OC)c1nc2ccccc2s1. The maximum absolute atomic E-state index is 12.7. The van der Waals surface area contributed by atoms with Crippen molar-refractivity contribution in [2.24, 2.45) is 11.1 Å². The summed E-state index contributed by atoms with van der Waals surface area (Å²) in [5.41, 5.74) is 1.24. The third kappa shape index (κ3) is 4.61. The summed E-state index contributed by atoms with van der Waals surface area (Å²) in [6.07, 6.45) is 4.91. The fourth-order valence-electron chi connectivity index (χ4n) is 2.58. The predicted molar refractivity (Wildman–Crippen MR) is 96.1 cm³/mol. The molecule has 124 valence electrons. The molecule has 0 fully saturated rings. The third-order valence-corrected chi connectivity index (χ3v) is 5.00. The van der Waals surface area contributed by atoms with Crippen LogP contribution < -0.4 is 0 Å². The molecular formula is C18H24N2O2S. The Hall–Kier alpha value is -1.75. The molecule has 2 aromatic rings. The number of carbonyl (C=O) groups is 1. The number of hydrogen-bond acceptors (Lipinski definition) is 5. The molecule has 0 saturated carbocycles. The Labute approximate surface area is 141 Å². The van der Waals surface area contributed by atoms with Crippen molar-refractivity contribution in [1.29, 1.82) is 0 Å². The van der Waals surface area contributed by atoms with Gasteiger partial charge in [0.05, 0.1) is 10.2 Å². The van der Waals surface area contributed by atoms with Crippen molar-refractivity contribution in [3.8, 4) is 0 Å². The molecule has 0 bridgehead atoms. The Morgan fingerprint density at radius 1 is 1.35 bits per heavy atom. The summed E-state index contributed by atoms with van der Waals surface area (Å²) in [7, 11) is 1.47. The van der Waals surface area contributed by atoms with Crippen molar-refractivity contribution < 1.29 is 9.63 Å². The van der Waals surface area contributed by atoms with E-state index in [-0.39, 0.29) is 5.78 Å². The Bertz CT molecular complexity index is 645. The van der Waals surface area contributed by atoms with Gasteiger partial charge >= 0.3 is 0 Å². The number of thiazole rings is 1. The lowest BCUT2D eigenvalue weighted by atomic mass is 9.92. The van der Waals surface area contributed by atoms with Crippen LogP contribution in [0.25, 0.3) is 10.2 Å². The highest BCUT2D eigenvalue weighted by molar-refractivity contribution is 7.21. The van der Waals surface area contributed by atoms with Crippen LogP contribution in [0.15, 0.2) is 29.4 Å². The van der Waals surface area contributed by atoms with E-state index in [2.05, 4.69) is 24.0 Å². The number of fused-ring (bicyclic) bond motifs is 1. The van der Waals surface area contributed by atoms with Crippen molar-refractivity contribution >= 4 is 33.0 Å². The monoisotopic (exact) mass is 332 g/mol. The van der Waals surface area contributed by atoms with Gasteiger partial charge in [-0.2, -0.15) is 0 Å². The first kappa shape index (κ1) is 17.6. The van der Waals surface area contributed by atoms with Gasteiger partial charge in [-0.25, -0.2) is 4.98 Å². The van der Waals surface area contributed by atoms with Crippen LogP contribution in [-0.2, 0) is 9.63 Å². The molecule has 4 nitrogen and oxygen atoms in total. The zero-order valence-electron chi connectivity index (χ0n) is 14.0. The maximum atomic E-state index is 12.7. The molecule has 1 aromatic heterocycles. The van der Waals surface area contributed by atoms with Gasteiger partial charge in [-0.05, 0) is 18.1 Å². The predicted octanol–water partition coefficient (Wildman–Crippen LogP) is 4.82. The summed E-state index contributed by atoms with van der Waals surface area (Å²) >= 11 is 1.48. The minimum absolute atomic E-state index is 0.0221. The average Bonchev–Trinajstić information content (AvgIpc) is 2.99. The minimum Gasteiger partial charge on any atom is -0.398 e. The van der Waals surface area contributed by atoms with Gasteiger partial charge < -0.3 is 4.84 Å². The first-order valence-electron chi connectivity index (χ1n) is 8.19. The summed E-state index contributed by atoms with van der Waals surface area (Å²) in [6.45, 7) is 4.31. The van der Waals surface area contributed by atoms with Crippen LogP contribution in [0, 0.1) is 5.92 Å². The summed E-state index contributed by atoms with van der Waals surface area (Å²) in [5, 5.41) is 4.61. The standard InChI is InChI=1S/C18H24N2O2S/c1-4-6-9-13(5-2)12-15(21)17(20-22-3)18-19-14-10-7-8-11-16(14)23-18/h7-8,10-11,13H,4-6,9,12H2,1-3H3/b20-17+. The smallest absolute Gasteiger partial charge is 0.187 e. The first-order valence-corrected chi connectivity index (χ1v) is 9.01. The van der Waals surface area contributed by atoms with E-state index < -0.39 is 0 Å². The van der Waals surface area contributed by atoms with Gasteiger partial charge in [0, 0.05) is 6.42 Å². The van der Waals surface area contributed by atoms with Crippen LogP contribution >= 0.6 is 11.3 Å². The van der Waals surface area contributed by atoms with Crippen LogP contribution in [0.4, 0.5) is 0 Å². The molecule has 0 aliphatic carbocycles. The van der Waals surface area contributed by atoms with E-state index in [0.29, 0.717) is 23.1 Å². The van der Waals surface area contributed by atoms with Crippen molar-refractivity contribution in [1.82, 2.24) is 4.98 Å². The Morgan fingerprint density at radius 3 is 2.78 bits per heavy atom. The van der Waals surface area contributed by atoms with Crippen molar-refractivity contribution in [3.05, 3.63) is 29.3 Å². The molecule has 0 N–H and O–H groups in total. The molecule has 23 heavy (non-hydrogen) atoms. The van der Waals surface area contributed by atoms with E-state index in [4.69, 9.17) is 4.84 Å². The number of nitrogens with zero attached hydrogens (tertiary/aromatic N) is 2. The lowest BCUT2D eigenvalue weighted by Crippen LogP contribution is -2.19. The lowest BCUT2D eigenvalue weighted by Gasteiger charge is -2.13. The molecule has 1 unspecified atom stereocenters. The normalized spacial score (nSPS) is 13.3. The third-order valence-electron chi connectivity index (χ3n) is 3.96. The van der Waals surface area contributed by atoms with E-state index in [1.54, 1.807) is 0 Å². The van der Waals surface area contributed by atoms with Gasteiger partial charge in [0.15, 0.2) is 11.5 Å². The minimum atomic E-state index is 0.0221. The van der Waals surface area contributed by atoms with E-state index in [9.17, 15) is 4.79 Å². The highest BCUT2D eigenvalue weighted by atomic mass is 32.1. The van der Waals surface area contributed by atoms with E-state index in [1.807, 2.05) is 24.3 Å². The number of carbonyl (C=O) groups excluding carboxylic acids is 1. The molecule has 5 heteroatoms. The Kier molecular flexibility index (Phi) is 6.71. The summed E-state index contributed by atoms with van der Waals surface area (Å²) in [5.74, 6) is 0.424. The van der Waals surface area contributed by atoms with Crippen molar-refractivity contribution in [2.45, 2.75) is 46.0 Å². The Balaban J connectivity index is 2.20. The lowest BCUT2D eigenvalue weighted by molar-refractivity contribution is -0.114. The number of ketones is 1. The zero-order valence-corrected chi connectivity index (χ0v) is 14.9. The van der Waals surface area contributed by atoms with E-state index in [1.165, 1.54) is 18.4 Å². The quantitative estimate of drug-likeness (QED) is 0.488. The van der Waals surface area contributed by atoms with Gasteiger partial charge in [0.25, 0.3) is 0 Å². The number of rotatable bonds is 9. The molecule has 0 spiro atoms. The number of hydrogen-bond donors (Lipinski definition) is 0. The molecule has 1 atom stereocenters. The number of para-hydroxylation sites is 1. The number of oxime groups is 1. The largest absolute Gasteiger partial charge is 0.398 e. The number of Topliss-reactive ketones (excluding diaryl/α,β-unsaturated/α-hetero) is 1. The van der Waals surface area contributed by atoms with Gasteiger partial charge in [0.1, 0.15) is 12.1 Å². The second-order valence-electron chi connectivity index (χ2n) is 5.65. The maximum Gasteiger partial charge on any atom is 0.187 e. The van der Waals surface area contributed by atoms with Crippen LogP contribution in [0.2, 0.25) is 0 Å². The molecular weight excluding hydrogens is 308 g/mol. The van der Waals surface area contributed by atoms with Crippen LogP contribution in [-0.4, -0.2) is 23.6 Å². The molecule has 0 saturated heterocycles. The molecule has 0 aliphatic heterocycles. The van der Waals surface area contributed by atoms with Gasteiger partial charge in [-0.15, -0.1) is 11.3 Å². The average molecular weight is 332 g/mol. The van der Waals surface area contributed by atoms with Crippen LogP contribution in [0.1, 0.15) is 51.0 Å². The van der Waals surface area contributed by atoms with Crippen LogP contribution in [0.5, 0.6) is 0 Å². The highest BCUT2D eigenvalue weighted by Crippen LogP contribution is 2.24. The molecule has 0 amide bonds. The fourth-order valence-corrected chi connectivity index (χ4v) is 3.54. The molecule has 0 aliphatic rings. The number of aromatic nitrogens is 1. The summed E-state index contributed by atoms with van der Waals surface area (Å²) in [6, 6.07) is 7.86. The van der Waals surface area contributed by atoms with Crippen LogP contribution in [0.3, 0.4) is 0 Å². The Morgan fingerprint density at radius 2 is 2.13 bits per heavy atom. The van der Waals surface area contributed by atoms with Gasteiger partial charge in [-0.3, -0.25) is 4.79 Å². The van der Waals surface area contributed by atoms with Crippen molar-refractivity contribution in [2.75, 3.05) is 7.11 Å². The highest BCUT2D eigenvalue weighted by Gasteiger charge is 2.22. The van der Waals surface area contributed by atoms with E-state index in [0.717, 1.165) is 35.9 Å². The summed E-state index contributed by atoms with van der Waals surface area (Å²) < 4.78 is 1.05. The topological polar surface area (TPSA) is 51.5 Å². The second-order valence-corrected chi connectivity index (χ2v) is 6.68. The number of benzene rings is 1. The first-order chi connectivity index (χ1) is 11.2. The molecule has 0 radical (unpaired) electrons. The fraction of sp³-hybridized carbons (Fsp3) is 0.500. The number of unbranched alkanes of at least 4 members (excludes halogenated alkanes) is 1. The molecule has 2 rings (SSSR count). The van der Waals surface area contributed by atoms with E-state index >= 15 is 0 Å². The summed E-state index contributed by atoms with van der Waals surface area (Å²) in [4.78, 5) is 22.1. The molecule has 1 aromatic carbocycles. The molecule has 1 heterocycles.